The van der Waals surface area contributed by atoms with Crippen LogP contribution in [0, 0.1) is 18.8 Å². The third kappa shape index (κ3) is 5.09. The van der Waals surface area contributed by atoms with Gasteiger partial charge in [-0.3, -0.25) is 4.79 Å². The number of allylic oxidation sites excluding steroid dienone is 2. The van der Waals surface area contributed by atoms with E-state index in [1.165, 1.54) is 24.8 Å². The summed E-state index contributed by atoms with van der Waals surface area (Å²) in [7, 11) is 0. The Morgan fingerprint density at radius 3 is 2.86 bits per heavy atom. The first kappa shape index (κ1) is 23.2. The molecule has 1 aliphatic heterocycles. The van der Waals surface area contributed by atoms with Gasteiger partial charge in [0.2, 0.25) is 0 Å². The minimum atomic E-state index is 0.0270. The Labute approximate surface area is 207 Å². The predicted octanol–water partition coefficient (Wildman–Crippen LogP) is 7.25. The molecule has 5 rings (SSSR count). The standard InChI is InChI=1S/C30H33N3O2/c1-19(22-6-4-3-5-7-22)8-10-21-11-13-25-23(16-21)17-28(35)29-26(14-15-31-30(29)33-25)32-27-18-24(34)12-9-20(27)2/h3-4,9,11-16,18-19,22,34H,5-8,10,17H2,1-2H3,(H2,31,32,33). The number of hydrogen-bond acceptors (Lipinski definition) is 5. The first-order valence-electron chi connectivity index (χ1n) is 12.6. The summed E-state index contributed by atoms with van der Waals surface area (Å²) in [6, 6.07) is 13.4. The summed E-state index contributed by atoms with van der Waals surface area (Å²) in [5.41, 5.74) is 6.20. The molecule has 2 heterocycles. The topological polar surface area (TPSA) is 74.2 Å². The molecule has 3 aromatic rings. The Morgan fingerprint density at radius 1 is 1.14 bits per heavy atom. The molecule has 0 spiro atoms. The molecule has 2 aromatic carbocycles. The number of carbonyl (C=O) groups excluding carboxylic acids is 1. The van der Waals surface area contributed by atoms with Crippen LogP contribution in [0.4, 0.5) is 22.9 Å². The van der Waals surface area contributed by atoms with Crippen molar-refractivity contribution in [1.82, 2.24) is 4.98 Å². The van der Waals surface area contributed by atoms with E-state index < -0.39 is 0 Å². The lowest BCUT2D eigenvalue weighted by Gasteiger charge is -2.25. The van der Waals surface area contributed by atoms with Crippen LogP contribution in [0.3, 0.4) is 0 Å². The predicted molar refractivity (Wildman–Crippen MR) is 142 cm³/mol. The van der Waals surface area contributed by atoms with Gasteiger partial charge in [0.05, 0.1) is 11.3 Å². The van der Waals surface area contributed by atoms with Crippen molar-refractivity contribution in [3.8, 4) is 5.75 Å². The number of anilines is 4. The molecule has 0 saturated heterocycles. The molecule has 3 N–H and O–H groups in total. The highest BCUT2D eigenvalue weighted by Crippen LogP contribution is 2.36. The molecule has 5 heteroatoms. The monoisotopic (exact) mass is 467 g/mol. The number of phenolic OH excluding ortho intramolecular Hbond substituents is 1. The summed E-state index contributed by atoms with van der Waals surface area (Å²) < 4.78 is 0. The molecule has 1 aliphatic carbocycles. The lowest BCUT2D eigenvalue weighted by molar-refractivity contribution is 0.0995. The number of fused-ring (bicyclic) bond motifs is 2. The van der Waals surface area contributed by atoms with Crippen LogP contribution in [-0.4, -0.2) is 15.9 Å². The maximum Gasteiger partial charge on any atom is 0.173 e. The molecular weight excluding hydrogens is 434 g/mol. The van der Waals surface area contributed by atoms with Crippen LogP contribution in [0.5, 0.6) is 5.75 Å². The van der Waals surface area contributed by atoms with Crippen molar-refractivity contribution in [3.63, 3.8) is 0 Å². The smallest absolute Gasteiger partial charge is 0.173 e. The molecule has 0 bridgehead atoms. The summed E-state index contributed by atoms with van der Waals surface area (Å²) >= 11 is 0. The van der Waals surface area contributed by atoms with Gasteiger partial charge in [0, 0.05) is 30.1 Å². The fraction of sp³-hybridized carbons (Fsp3) is 0.333. The zero-order chi connectivity index (χ0) is 24.4. The van der Waals surface area contributed by atoms with Gasteiger partial charge >= 0.3 is 0 Å². The number of nitrogens with one attached hydrogen (secondary N) is 2. The zero-order valence-corrected chi connectivity index (χ0v) is 20.5. The molecule has 5 nitrogen and oxygen atoms in total. The molecular formula is C30H33N3O2. The Hall–Kier alpha value is -3.60. The molecule has 2 aliphatic rings. The number of rotatable bonds is 6. The average molecular weight is 468 g/mol. The summed E-state index contributed by atoms with van der Waals surface area (Å²) in [6.07, 6.45) is 12.6. The van der Waals surface area contributed by atoms with Gasteiger partial charge in [-0.05, 0) is 85.8 Å². The highest BCUT2D eigenvalue weighted by Gasteiger charge is 2.24. The van der Waals surface area contributed by atoms with Crippen LogP contribution in [0.2, 0.25) is 0 Å². The van der Waals surface area contributed by atoms with Crippen LogP contribution in [-0.2, 0) is 12.8 Å². The van der Waals surface area contributed by atoms with Crippen molar-refractivity contribution < 1.29 is 9.90 Å². The van der Waals surface area contributed by atoms with Crippen LogP contribution >= 0.6 is 0 Å². The van der Waals surface area contributed by atoms with Crippen molar-refractivity contribution in [1.29, 1.82) is 0 Å². The minimum absolute atomic E-state index is 0.0270. The summed E-state index contributed by atoms with van der Waals surface area (Å²) in [5.74, 6) is 2.24. The number of phenols is 1. The molecule has 2 atom stereocenters. The van der Waals surface area contributed by atoms with Gasteiger partial charge in [0.1, 0.15) is 11.6 Å². The quantitative estimate of drug-likeness (QED) is 0.333. The lowest BCUT2D eigenvalue weighted by atomic mass is 9.81. The second-order valence-electron chi connectivity index (χ2n) is 9.98. The third-order valence-corrected chi connectivity index (χ3v) is 7.50. The van der Waals surface area contributed by atoms with E-state index in [9.17, 15) is 9.90 Å². The Morgan fingerprint density at radius 2 is 2.03 bits per heavy atom. The maximum absolute atomic E-state index is 13.4. The minimum Gasteiger partial charge on any atom is -0.508 e. The van der Waals surface area contributed by atoms with Crippen LogP contribution < -0.4 is 10.6 Å². The van der Waals surface area contributed by atoms with Gasteiger partial charge in [0.25, 0.3) is 0 Å². The number of aryl methyl sites for hydroxylation is 2. The van der Waals surface area contributed by atoms with E-state index >= 15 is 0 Å². The van der Waals surface area contributed by atoms with E-state index in [2.05, 4.69) is 52.9 Å². The van der Waals surface area contributed by atoms with E-state index in [0.29, 0.717) is 29.4 Å². The van der Waals surface area contributed by atoms with Crippen LogP contribution in [0.15, 0.2) is 60.8 Å². The van der Waals surface area contributed by atoms with Gasteiger partial charge in [-0.15, -0.1) is 0 Å². The number of hydrogen-bond donors (Lipinski definition) is 3. The normalized spacial score (nSPS) is 17.7. The molecule has 35 heavy (non-hydrogen) atoms. The summed E-state index contributed by atoms with van der Waals surface area (Å²) in [4.78, 5) is 17.9. The van der Waals surface area contributed by atoms with E-state index in [1.807, 2.05) is 19.1 Å². The number of aromatic nitrogens is 1. The lowest BCUT2D eigenvalue weighted by Crippen LogP contribution is -2.14. The maximum atomic E-state index is 13.4. The molecule has 180 valence electrons. The summed E-state index contributed by atoms with van der Waals surface area (Å²) in [5, 5.41) is 16.6. The first-order chi connectivity index (χ1) is 17.0. The molecule has 0 radical (unpaired) electrons. The highest BCUT2D eigenvalue weighted by molar-refractivity contribution is 6.09. The van der Waals surface area contributed by atoms with Crippen molar-refractivity contribution in [2.75, 3.05) is 10.6 Å². The SMILES string of the molecule is Cc1ccc(O)cc1Nc1ccnc2c1C(=O)Cc1cc(CCC(C)C3CC=CCC3)ccc1N2. The first-order valence-corrected chi connectivity index (χ1v) is 12.6. The van der Waals surface area contributed by atoms with Crippen molar-refractivity contribution in [2.24, 2.45) is 11.8 Å². The number of ketones is 1. The van der Waals surface area contributed by atoms with Crippen molar-refractivity contribution in [2.45, 2.75) is 52.4 Å². The number of carbonyl (C=O) groups is 1. The van der Waals surface area contributed by atoms with E-state index in [0.717, 1.165) is 41.3 Å². The third-order valence-electron chi connectivity index (χ3n) is 7.50. The fourth-order valence-electron chi connectivity index (χ4n) is 5.26. The van der Waals surface area contributed by atoms with Crippen LogP contribution in [0.1, 0.15) is 59.7 Å². The number of Topliss-reactive ketones (excluding diaryl/α,β-unsaturated/α-hetero) is 1. The Balaban J connectivity index is 1.35. The second kappa shape index (κ2) is 9.95. The molecule has 0 amide bonds. The van der Waals surface area contributed by atoms with Gasteiger partial charge in [-0.2, -0.15) is 0 Å². The van der Waals surface area contributed by atoms with E-state index in [4.69, 9.17) is 0 Å². The van der Waals surface area contributed by atoms with Crippen molar-refractivity contribution in [3.05, 3.63) is 83.1 Å². The van der Waals surface area contributed by atoms with E-state index in [-0.39, 0.29) is 11.5 Å². The molecule has 2 unspecified atom stereocenters. The number of benzene rings is 2. The second-order valence-corrected chi connectivity index (χ2v) is 9.98. The largest absolute Gasteiger partial charge is 0.508 e. The van der Waals surface area contributed by atoms with Crippen LogP contribution in [0.25, 0.3) is 0 Å². The Bertz CT molecular complexity index is 1280. The zero-order valence-electron chi connectivity index (χ0n) is 20.5. The van der Waals surface area contributed by atoms with Gasteiger partial charge in [-0.25, -0.2) is 4.98 Å². The molecule has 1 aromatic heterocycles. The summed E-state index contributed by atoms with van der Waals surface area (Å²) in [6.45, 7) is 4.34. The molecule has 0 fully saturated rings. The average Bonchev–Trinajstić information content (AvgIpc) is 3.01. The van der Waals surface area contributed by atoms with Crippen molar-refractivity contribution >= 4 is 28.7 Å². The number of aromatic hydroxyl groups is 1. The Kier molecular flexibility index (Phi) is 6.58. The number of nitrogens with zero attached hydrogens (tertiary/aromatic N) is 1. The fourth-order valence-corrected chi connectivity index (χ4v) is 5.26. The number of pyridine rings is 1. The van der Waals surface area contributed by atoms with Gasteiger partial charge in [0.15, 0.2) is 5.78 Å². The van der Waals surface area contributed by atoms with Gasteiger partial charge in [-0.1, -0.05) is 37.3 Å². The highest BCUT2D eigenvalue weighted by atomic mass is 16.3. The van der Waals surface area contributed by atoms with Gasteiger partial charge < -0.3 is 15.7 Å². The molecule has 0 saturated carbocycles. The van der Waals surface area contributed by atoms with E-state index in [1.54, 1.807) is 18.3 Å².